The van der Waals surface area contributed by atoms with Gasteiger partial charge in [0.05, 0.1) is 23.6 Å². The third-order valence-corrected chi connectivity index (χ3v) is 7.51. The Kier molecular flexibility index (Phi) is 7.25. The molecule has 206 valence electrons. The van der Waals surface area contributed by atoms with Crippen LogP contribution in [0.4, 0.5) is 5.69 Å². The fourth-order valence-electron chi connectivity index (χ4n) is 5.24. The lowest BCUT2D eigenvalue weighted by molar-refractivity contribution is 0.0971. The van der Waals surface area contributed by atoms with E-state index in [4.69, 9.17) is 25.5 Å². The number of anilines is 1. The molecule has 1 aliphatic rings. The maximum absolute atomic E-state index is 14.0. The smallest absolute Gasteiger partial charge is 0.295 e. The first-order chi connectivity index (χ1) is 20.0. The van der Waals surface area contributed by atoms with Crippen LogP contribution in [0.25, 0.3) is 11.0 Å². The molecule has 0 aliphatic carbocycles. The number of amides is 1. The molecule has 0 saturated carbocycles. The molecule has 1 aromatic heterocycles. The minimum atomic E-state index is -0.744. The molecule has 6 nitrogen and oxygen atoms in total. The van der Waals surface area contributed by atoms with Gasteiger partial charge in [0.25, 0.3) is 5.91 Å². The standard InChI is InChI=1S/C34H28ClNO5/c1-3-21-10-14-25(15-11-21)36-31(30-32(37)26-19-24(35)13-17-27(26)41-33(30)34(36)38)23-12-16-28(29(18-23)39-4-2)40-20-22-8-6-5-7-9-22/h5-19,31H,3-4,20H2,1-2H3. The van der Waals surface area contributed by atoms with Gasteiger partial charge in [-0.1, -0.05) is 67.1 Å². The van der Waals surface area contributed by atoms with E-state index in [9.17, 15) is 9.59 Å². The Bertz CT molecular complexity index is 1800. The number of rotatable bonds is 8. The summed E-state index contributed by atoms with van der Waals surface area (Å²) < 4.78 is 18.2. The molecule has 2 heterocycles. The highest BCUT2D eigenvalue weighted by Gasteiger charge is 2.44. The van der Waals surface area contributed by atoms with Gasteiger partial charge in [0.2, 0.25) is 5.76 Å². The summed E-state index contributed by atoms with van der Waals surface area (Å²) in [7, 11) is 0. The average Bonchev–Trinajstić information content (AvgIpc) is 3.29. The summed E-state index contributed by atoms with van der Waals surface area (Å²) in [5, 5.41) is 0.737. The van der Waals surface area contributed by atoms with Crippen LogP contribution in [0.1, 0.15) is 52.7 Å². The Morgan fingerprint density at radius 1 is 0.829 bits per heavy atom. The van der Waals surface area contributed by atoms with E-state index < -0.39 is 6.04 Å². The Morgan fingerprint density at radius 3 is 2.34 bits per heavy atom. The SMILES string of the molecule is CCOc1cc(C2c3c(oc4ccc(Cl)cc4c3=O)C(=O)N2c2ccc(CC)cc2)ccc1OCc1ccccc1. The highest BCUT2D eigenvalue weighted by atomic mass is 35.5. The Hall–Kier alpha value is -4.55. The number of benzene rings is 4. The van der Waals surface area contributed by atoms with Crippen molar-refractivity contribution in [3.05, 3.63) is 134 Å². The van der Waals surface area contributed by atoms with Crippen molar-refractivity contribution in [3.63, 3.8) is 0 Å². The summed E-state index contributed by atoms with van der Waals surface area (Å²) in [6.45, 7) is 4.76. The van der Waals surface area contributed by atoms with Gasteiger partial charge in [-0.05, 0) is 72.5 Å². The van der Waals surface area contributed by atoms with Crippen molar-refractivity contribution in [2.75, 3.05) is 11.5 Å². The van der Waals surface area contributed by atoms with Crippen molar-refractivity contribution in [2.24, 2.45) is 0 Å². The third-order valence-electron chi connectivity index (χ3n) is 7.28. The molecule has 0 bridgehead atoms. The van der Waals surface area contributed by atoms with E-state index in [1.807, 2.05) is 79.7 Å². The van der Waals surface area contributed by atoms with Crippen molar-refractivity contribution < 1.29 is 18.7 Å². The first kappa shape index (κ1) is 26.7. The molecule has 4 aromatic carbocycles. The second-order valence-electron chi connectivity index (χ2n) is 9.83. The molecule has 0 fully saturated rings. The van der Waals surface area contributed by atoms with Gasteiger partial charge in [-0.3, -0.25) is 14.5 Å². The molecule has 1 atom stereocenters. The predicted molar refractivity (Wildman–Crippen MR) is 160 cm³/mol. The van der Waals surface area contributed by atoms with Crippen molar-refractivity contribution in [3.8, 4) is 11.5 Å². The molecule has 41 heavy (non-hydrogen) atoms. The minimum absolute atomic E-state index is 0.0248. The Morgan fingerprint density at radius 2 is 1.61 bits per heavy atom. The van der Waals surface area contributed by atoms with Gasteiger partial charge < -0.3 is 13.9 Å². The van der Waals surface area contributed by atoms with Gasteiger partial charge in [-0.2, -0.15) is 0 Å². The van der Waals surface area contributed by atoms with Crippen molar-refractivity contribution in [1.29, 1.82) is 0 Å². The molecule has 7 heteroatoms. The fraction of sp³-hybridized carbons (Fsp3) is 0.176. The van der Waals surface area contributed by atoms with Crippen LogP contribution in [0.3, 0.4) is 0 Å². The van der Waals surface area contributed by atoms with Gasteiger partial charge in [-0.25, -0.2) is 0 Å². The molecule has 0 N–H and O–H groups in total. The second kappa shape index (κ2) is 11.1. The number of ether oxygens (including phenoxy) is 2. The van der Waals surface area contributed by atoms with E-state index in [1.54, 1.807) is 23.1 Å². The first-order valence-electron chi connectivity index (χ1n) is 13.6. The van der Waals surface area contributed by atoms with Gasteiger partial charge in [0, 0.05) is 10.7 Å². The molecule has 1 unspecified atom stereocenters. The van der Waals surface area contributed by atoms with Crippen LogP contribution in [0.2, 0.25) is 5.02 Å². The predicted octanol–water partition coefficient (Wildman–Crippen LogP) is 7.74. The van der Waals surface area contributed by atoms with E-state index in [0.29, 0.717) is 52.0 Å². The largest absolute Gasteiger partial charge is 0.490 e. The maximum atomic E-state index is 14.0. The topological polar surface area (TPSA) is 69.0 Å². The Balaban J connectivity index is 1.50. The highest BCUT2D eigenvalue weighted by molar-refractivity contribution is 6.31. The van der Waals surface area contributed by atoms with Gasteiger partial charge in [-0.15, -0.1) is 0 Å². The number of carbonyl (C=O) groups excluding carboxylic acids is 1. The van der Waals surface area contributed by atoms with Crippen LogP contribution < -0.4 is 19.8 Å². The van der Waals surface area contributed by atoms with E-state index in [1.165, 1.54) is 0 Å². The summed E-state index contributed by atoms with van der Waals surface area (Å²) in [5.74, 6) is 0.735. The van der Waals surface area contributed by atoms with Gasteiger partial charge in [0.15, 0.2) is 16.9 Å². The lowest BCUT2D eigenvalue weighted by Crippen LogP contribution is -2.29. The molecule has 0 radical (unpaired) electrons. The van der Waals surface area contributed by atoms with E-state index in [0.717, 1.165) is 17.5 Å². The molecule has 0 saturated heterocycles. The third kappa shape index (κ3) is 4.96. The van der Waals surface area contributed by atoms with E-state index in [2.05, 4.69) is 6.92 Å². The monoisotopic (exact) mass is 565 g/mol. The number of halogens is 1. The van der Waals surface area contributed by atoms with E-state index in [-0.39, 0.29) is 22.7 Å². The van der Waals surface area contributed by atoms with Gasteiger partial charge >= 0.3 is 0 Å². The Labute approximate surface area is 242 Å². The normalized spacial score (nSPS) is 14.4. The molecule has 1 amide bonds. The first-order valence-corrected chi connectivity index (χ1v) is 14.0. The van der Waals surface area contributed by atoms with Crippen LogP contribution in [0, 0.1) is 0 Å². The summed E-state index contributed by atoms with van der Waals surface area (Å²) in [6.07, 6.45) is 0.867. The number of hydrogen-bond acceptors (Lipinski definition) is 5. The number of fused-ring (bicyclic) bond motifs is 2. The van der Waals surface area contributed by atoms with Crippen LogP contribution in [0.15, 0.2) is 100 Å². The molecule has 0 spiro atoms. The zero-order valence-electron chi connectivity index (χ0n) is 22.7. The second-order valence-corrected chi connectivity index (χ2v) is 10.3. The van der Waals surface area contributed by atoms with Crippen molar-refractivity contribution >= 4 is 34.2 Å². The number of carbonyl (C=O) groups is 1. The number of hydrogen-bond donors (Lipinski definition) is 0. The maximum Gasteiger partial charge on any atom is 0.295 e. The summed E-state index contributed by atoms with van der Waals surface area (Å²) in [4.78, 5) is 29.5. The number of nitrogens with zero attached hydrogens (tertiary/aromatic N) is 1. The van der Waals surface area contributed by atoms with Gasteiger partial charge in [0.1, 0.15) is 12.2 Å². The molecule has 1 aliphatic heterocycles. The van der Waals surface area contributed by atoms with Crippen LogP contribution in [-0.2, 0) is 13.0 Å². The highest BCUT2D eigenvalue weighted by Crippen LogP contribution is 2.43. The summed E-state index contributed by atoms with van der Waals surface area (Å²) in [6, 6.07) is 27.3. The summed E-state index contributed by atoms with van der Waals surface area (Å²) in [5.41, 5.74) is 3.81. The lowest BCUT2D eigenvalue weighted by Gasteiger charge is -2.26. The molecular formula is C34H28ClNO5. The molecule has 6 rings (SSSR count). The zero-order chi connectivity index (χ0) is 28.5. The van der Waals surface area contributed by atoms with E-state index >= 15 is 0 Å². The lowest BCUT2D eigenvalue weighted by atomic mass is 9.97. The zero-order valence-corrected chi connectivity index (χ0v) is 23.5. The average molecular weight is 566 g/mol. The minimum Gasteiger partial charge on any atom is -0.490 e. The quantitative estimate of drug-likeness (QED) is 0.192. The van der Waals surface area contributed by atoms with Crippen LogP contribution in [-0.4, -0.2) is 12.5 Å². The fourth-order valence-corrected chi connectivity index (χ4v) is 5.41. The van der Waals surface area contributed by atoms with Crippen molar-refractivity contribution in [2.45, 2.75) is 32.9 Å². The molecular weight excluding hydrogens is 538 g/mol. The van der Waals surface area contributed by atoms with Crippen LogP contribution >= 0.6 is 11.6 Å². The summed E-state index contributed by atoms with van der Waals surface area (Å²) >= 11 is 6.24. The number of aryl methyl sites for hydroxylation is 1. The molecule has 5 aromatic rings. The van der Waals surface area contributed by atoms with Crippen LogP contribution in [0.5, 0.6) is 11.5 Å². The van der Waals surface area contributed by atoms with Crippen molar-refractivity contribution in [1.82, 2.24) is 0 Å².